The molecule has 0 radical (unpaired) electrons. The third-order valence-corrected chi connectivity index (χ3v) is 4.71. The van der Waals surface area contributed by atoms with Crippen molar-refractivity contribution in [1.82, 2.24) is 4.90 Å². The summed E-state index contributed by atoms with van der Waals surface area (Å²) >= 11 is 0. The van der Waals surface area contributed by atoms with E-state index in [0.717, 1.165) is 32.4 Å². The topological polar surface area (TPSA) is 29.5 Å². The van der Waals surface area contributed by atoms with Crippen molar-refractivity contribution in [3.8, 4) is 0 Å². The minimum atomic E-state index is 0.103. The summed E-state index contributed by atoms with van der Waals surface area (Å²) in [4.78, 5) is 14.6. The number of rotatable bonds is 2. The maximum absolute atomic E-state index is 12.5. The van der Waals surface area contributed by atoms with Crippen molar-refractivity contribution in [2.45, 2.75) is 38.1 Å². The lowest BCUT2D eigenvalue weighted by Gasteiger charge is -2.39. The van der Waals surface area contributed by atoms with Crippen LogP contribution in [0.2, 0.25) is 0 Å². The Balaban J connectivity index is 1.63. The third kappa shape index (κ3) is 2.73. The van der Waals surface area contributed by atoms with Gasteiger partial charge in [0.1, 0.15) is 0 Å². The van der Waals surface area contributed by atoms with Gasteiger partial charge in [0.2, 0.25) is 5.91 Å². The molecule has 1 aromatic rings. The largest absolute Gasteiger partial charge is 0.381 e. The molecule has 3 rings (SSSR count). The molecule has 0 saturated carbocycles. The maximum atomic E-state index is 12.5. The molecular formula is C17H23NO2. The number of hydrogen-bond acceptors (Lipinski definition) is 2. The molecule has 3 heteroatoms. The second kappa shape index (κ2) is 5.96. The summed E-state index contributed by atoms with van der Waals surface area (Å²) in [5.41, 5.74) is 1.41. The summed E-state index contributed by atoms with van der Waals surface area (Å²) < 4.78 is 5.35. The van der Waals surface area contributed by atoms with Crippen molar-refractivity contribution in [3.05, 3.63) is 35.9 Å². The van der Waals surface area contributed by atoms with Crippen LogP contribution in [0, 0.1) is 5.92 Å². The standard InChI is InChI=1S/C17H23NO2/c1-13-11-15(14-5-3-2-4-6-14)7-9-18(13)17(19)16-8-10-20-12-16/h2-6,13,15-16H,7-12H2,1H3/t13-,15-,16+/m1/s1. The van der Waals surface area contributed by atoms with E-state index in [0.29, 0.717) is 24.5 Å². The SMILES string of the molecule is C[C@@H]1C[C@H](c2ccccc2)CCN1C(=O)[C@H]1CCOC1. The van der Waals surface area contributed by atoms with Gasteiger partial charge in [0.05, 0.1) is 12.5 Å². The zero-order chi connectivity index (χ0) is 13.9. The lowest BCUT2D eigenvalue weighted by Crippen LogP contribution is -2.46. The maximum Gasteiger partial charge on any atom is 0.228 e. The molecule has 3 atom stereocenters. The Morgan fingerprint density at radius 3 is 2.70 bits per heavy atom. The number of amides is 1. The van der Waals surface area contributed by atoms with Crippen LogP contribution >= 0.6 is 0 Å². The molecule has 0 spiro atoms. The molecule has 1 aromatic carbocycles. The number of ether oxygens (including phenoxy) is 1. The summed E-state index contributed by atoms with van der Waals surface area (Å²) in [5.74, 6) is 1.00. The highest BCUT2D eigenvalue weighted by Crippen LogP contribution is 2.32. The molecule has 3 nitrogen and oxygen atoms in total. The summed E-state index contributed by atoms with van der Waals surface area (Å²) in [7, 11) is 0. The molecule has 0 N–H and O–H groups in total. The van der Waals surface area contributed by atoms with Gasteiger partial charge in [0.15, 0.2) is 0 Å². The average Bonchev–Trinajstić information content (AvgIpc) is 3.01. The number of likely N-dealkylation sites (tertiary alicyclic amines) is 1. The second-order valence-electron chi connectivity index (χ2n) is 6.07. The molecule has 2 fully saturated rings. The van der Waals surface area contributed by atoms with E-state index in [2.05, 4.69) is 42.2 Å². The molecule has 1 amide bonds. The highest BCUT2D eigenvalue weighted by atomic mass is 16.5. The first-order chi connectivity index (χ1) is 9.75. The highest BCUT2D eigenvalue weighted by Gasteiger charge is 2.34. The van der Waals surface area contributed by atoms with Crippen LogP contribution in [0.15, 0.2) is 30.3 Å². The van der Waals surface area contributed by atoms with E-state index in [4.69, 9.17) is 4.74 Å². The van der Waals surface area contributed by atoms with Crippen LogP contribution in [-0.4, -0.2) is 36.6 Å². The molecule has 0 unspecified atom stereocenters. The smallest absolute Gasteiger partial charge is 0.228 e. The first kappa shape index (κ1) is 13.6. The Bertz CT molecular complexity index is 453. The Hall–Kier alpha value is -1.35. The molecule has 2 aliphatic heterocycles. The van der Waals surface area contributed by atoms with E-state index in [9.17, 15) is 4.79 Å². The predicted molar refractivity (Wildman–Crippen MR) is 78.5 cm³/mol. The van der Waals surface area contributed by atoms with Gasteiger partial charge in [0, 0.05) is 19.2 Å². The van der Waals surface area contributed by atoms with Crippen molar-refractivity contribution < 1.29 is 9.53 Å². The van der Waals surface area contributed by atoms with E-state index >= 15 is 0 Å². The van der Waals surface area contributed by atoms with Crippen LogP contribution in [-0.2, 0) is 9.53 Å². The van der Waals surface area contributed by atoms with Crippen LogP contribution in [0.25, 0.3) is 0 Å². The number of nitrogens with zero attached hydrogens (tertiary/aromatic N) is 1. The van der Waals surface area contributed by atoms with E-state index in [1.807, 2.05) is 0 Å². The van der Waals surface area contributed by atoms with Gasteiger partial charge in [-0.15, -0.1) is 0 Å². The van der Waals surface area contributed by atoms with Gasteiger partial charge in [-0.05, 0) is 37.7 Å². The first-order valence-corrected chi connectivity index (χ1v) is 7.69. The van der Waals surface area contributed by atoms with Crippen molar-refractivity contribution in [3.63, 3.8) is 0 Å². The lowest BCUT2D eigenvalue weighted by atomic mass is 9.85. The molecule has 108 valence electrons. The summed E-state index contributed by atoms with van der Waals surface area (Å²) in [6.07, 6.45) is 3.04. The van der Waals surface area contributed by atoms with Crippen molar-refractivity contribution in [1.29, 1.82) is 0 Å². The molecule has 2 aliphatic rings. The minimum Gasteiger partial charge on any atom is -0.381 e. The Kier molecular flexibility index (Phi) is 4.06. The number of benzene rings is 1. The normalized spacial score (nSPS) is 30.4. The number of piperidine rings is 1. The molecule has 0 bridgehead atoms. The second-order valence-corrected chi connectivity index (χ2v) is 6.07. The number of carbonyl (C=O) groups excluding carboxylic acids is 1. The van der Waals surface area contributed by atoms with Gasteiger partial charge in [-0.3, -0.25) is 4.79 Å². The predicted octanol–water partition coefficient (Wildman–Crippen LogP) is 2.82. The number of carbonyl (C=O) groups is 1. The van der Waals surface area contributed by atoms with E-state index in [-0.39, 0.29) is 5.92 Å². The molecular weight excluding hydrogens is 250 g/mol. The van der Waals surface area contributed by atoms with Gasteiger partial charge < -0.3 is 9.64 Å². The van der Waals surface area contributed by atoms with Crippen LogP contribution in [0.5, 0.6) is 0 Å². The van der Waals surface area contributed by atoms with Crippen LogP contribution < -0.4 is 0 Å². The monoisotopic (exact) mass is 273 g/mol. The van der Waals surface area contributed by atoms with E-state index in [1.54, 1.807) is 0 Å². The first-order valence-electron chi connectivity index (χ1n) is 7.69. The Morgan fingerprint density at radius 1 is 1.25 bits per heavy atom. The van der Waals surface area contributed by atoms with Gasteiger partial charge >= 0.3 is 0 Å². The Labute approximate surface area is 120 Å². The van der Waals surface area contributed by atoms with Crippen molar-refractivity contribution in [2.24, 2.45) is 5.92 Å². The molecule has 2 heterocycles. The van der Waals surface area contributed by atoms with Gasteiger partial charge in [0.25, 0.3) is 0 Å². The van der Waals surface area contributed by atoms with Gasteiger partial charge in [-0.25, -0.2) is 0 Å². The minimum absolute atomic E-state index is 0.103. The zero-order valence-corrected chi connectivity index (χ0v) is 12.1. The van der Waals surface area contributed by atoms with Gasteiger partial charge in [-0.2, -0.15) is 0 Å². The fraction of sp³-hybridized carbons (Fsp3) is 0.588. The number of hydrogen-bond donors (Lipinski definition) is 0. The highest BCUT2D eigenvalue weighted by molar-refractivity contribution is 5.79. The van der Waals surface area contributed by atoms with E-state index < -0.39 is 0 Å². The fourth-order valence-corrected chi connectivity index (χ4v) is 3.49. The Morgan fingerprint density at radius 2 is 2.05 bits per heavy atom. The molecule has 20 heavy (non-hydrogen) atoms. The molecule has 0 aliphatic carbocycles. The van der Waals surface area contributed by atoms with Gasteiger partial charge in [-0.1, -0.05) is 30.3 Å². The zero-order valence-electron chi connectivity index (χ0n) is 12.1. The molecule has 2 saturated heterocycles. The van der Waals surface area contributed by atoms with Crippen molar-refractivity contribution >= 4 is 5.91 Å². The van der Waals surface area contributed by atoms with Crippen LogP contribution in [0.4, 0.5) is 0 Å². The summed E-state index contributed by atoms with van der Waals surface area (Å²) in [6, 6.07) is 11.0. The van der Waals surface area contributed by atoms with Crippen LogP contribution in [0.3, 0.4) is 0 Å². The molecule has 0 aromatic heterocycles. The van der Waals surface area contributed by atoms with Crippen LogP contribution in [0.1, 0.15) is 37.7 Å². The average molecular weight is 273 g/mol. The van der Waals surface area contributed by atoms with E-state index in [1.165, 1.54) is 5.56 Å². The lowest BCUT2D eigenvalue weighted by molar-refractivity contribution is -0.139. The third-order valence-electron chi connectivity index (χ3n) is 4.71. The van der Waals surface area contributed by atoms with Crippen molar-refractivity contribution in [2.75, 3.05) is 19.8 Å². The summed E-state index contributed by atoms with van der Waals surface area (Å²) in [6.45, 7) is 4.42. The fourth-order valence-electron chi connectivity index (χ4n) is 3.49. The quantitative estimate of drug-likeness (QED) is 0.829. The summed E-state index contributed by atoms with van der Waals surface area (Å²) in [5, 5.41) is 0.